The zero-order chi connectivity index (χ0) is 18.4. The Morgan fingerprint density at radius 2 is 1.96 bits per heavy atom. The maximum atomic E-state index is 12.9. The number of hydrogen-bond donors (Lipinski definition) is 2. The van der Waals surface area contributed by atoms with Gasteiger partial charge < -0.3 is 10.5 Å². The lowest BCUT2D eigenvalue weighted by Crippen LogP contribution is -2.41. The van der Waals surface area contributed by atoms with Crippen molar-refractivity contribution in [2.24, 2.45) is 0 Å². The van der Waals surface area contributed by atoms with E-state index in [1.165, 1.54) is 6.07 Å². The number of nitrogens with one attached hydrogen (secondary N) is 1. The number of nitrogens with two attached hydrogens (primary N) is 1. The molecule has 1 atom stereocenters. The van der Waals surface area contributed by atoms with Crippen LogP contribution in [0.1, 0.15) is 37.4 Å². The Kier molecular flexibility index (Phi) is 4.47. The van der Waals surface area contributed by atoms with Gasteiger partial charge in [-0.3, -0.25) is 0 Å². The number of sulfonamides is 1. The third kappa shape index (κ3) is 3.76. The molecule has 134 valence electrons. The van der Waals surface area contributed by atoms with Crippen LogP contribution in [0.4, 0.5) is 5.69 Å². The lowest BCUT2D eigenvalue weighted by Gasteiger charge is -2.37. The van der Waals surface area contributed by atoms with Crippen LogP contribution in [0, 0.1) is 6.92 Å². The van der Waals surface area contributed by atoms with E-state index in [0.29, 0.717) is 17.9 Å². The Balaban J connectivity index is 2.00. The molecule has 0 bridgehead atoms. The first-order chi connectivity index (χ1) is 11.6. The van der Waals surface area contributed by atoms with E-state index in [9.17, 15) is 8.42 Å². The Morgan fingerprint density at radius 1 is 1.24 bits per heavy atom. The van der Waals surface area contributed by atoms with Gasteiger partial charge in [0.1, 0.15) is 16.2 Å². The number of nitrogen functional groups attached to an aromatic ring is 1. The highest BCUT2D eigenvalue weighted by Crippen LogP contribution is 2.41. The Hall–Kier alpha value is -1.76. The van der Waals surface area contributed by atoms with E-state index >= 15 is 0 Å². The largest absolute Gasteiger partial charge is 0.487 e. The van der Waals surface area contributed by atoms with Crippen molar-refractivity contribution in [2.45, 2.75) is 43.7 Å². The van der Waals surface area contributed by atoms with Crippen molar-refractivity contribution < 1.29 is 13.2 Å². The average molecular weight is 381 g/mol. The van der Waals surface area contributed by atoms with Crippen molar-refractivity contribution in [3.8, 4) is 5.75 Å². The third-order valence-electron chi connectivity index (χ3n) is 4.17. The normalized spacial score (nSPS) is 19.1. The van der Waals surface area contributed by atoms with Gasteiger partial charge >= 0.3 is 0 Å². The van der Waals surface area contributed by atoms with E-state index in [1.54, 1.807) is 30.3 Å². The van der Waals surface area contributed by atoms with Gasteiger partial charge in [-0.15, -0.1) is 0 Å². The first kappa shape index (κ1) is 18.0. The second-order valence-corrected chi connectivity index (χ2v) is 9.06. The molecule has 1 aliphatic rings. The minimum absolute atomic E-state index is 0.0644. The summed E-state index contributed by atoms with van der Waals surface area (Å²) in [5.74, 6) is 0.633. The predicted octanol–water partition coefficient (Wildman–Crippen LogP) is 3.81. The van der Waals surface area contributed by atoms with Crippen LogP contribution in [-0.4, -0.2) is 14.0 Å². The minimum atomic E-state index is -3.79. The SMILES string of the molecule is Cc1ccc(S(=O)(=O)NC2CC(C)(C)Oc3ccc(N)cc32)c(Cl)c1. The van der Waals surface area contributed by atoms with Crippen molar-refractivity contribution >= 4 is 27.3 Å². The summed E-state index contributed by atoms with van der Waals surface area (Å²) >= 11 is 6.15. The lowest BCUT2D eigenvalue weighted by atomic mass is 9.90. The molecular formula is C18H21ClN2O3S. The van der Waals surface area contributed by atoms with E-state index in [-0.39, 0.29) is 9.92 Å². The zero-order valence-corrected chi connectivity index (χ0v) is 15.9. The van der Waals surface area contributed by atoms with Gasteiger partial charge in [-0.25, -0.2) is 13.1 Å². The van der Waals surface area contributed by atoms with Gasteiger partial charge in [0.05, 0.1) is 11.1 Å². The standard InChI is InChI=1S/C18H21ClN2O3S/c1-11-4-7-17(14(19)8-11)25(22,23)21-15-10-18(2,3)24-16-6-5-12(20)9-13(15)16/h4-9,15,21H,10,20H2,1-3H3. The number of aryl methyl sites for hydroxylation is 1. The topological polar surface area (TPSA) is 81.4 Å². The molecule has 0 saturated carbocycles. The van der Waals surface area contributed by atoms with Gasteiger partial charge in [-0.2, -0.15) is 0 Å². The van der Waals surface area contributed by atoms with Gasteiger partial charge in [0.25, 0.3) is 0 Å². The quantitative estimate of drug-likeness (QED) is 0.793. The zero-order valence-electron chi connectivity index (χ0n) is 14.3. The van der Waals surface area contributed by atoms with Crippen LogP contribution in [0.2, 0.25) is 5.02 Å². The molecule has 2 aromatic carbocycles. The molecule has 0 saturated heterocycles. The van der Waals surface area contributed by atoms with E-state index in [0.717, 1.165) is 11.1 Å². The molecule has 0 aliphatic carbocycles. The van der Waals surface area contributed by atoms with Gasteiger partial charge in [-0.1, -0.05) is 17.7 Å². The van der Waals surface area contributed by atoms with E-state index in [4.69, 9.17) is 22.1 Å². The molecule has 0 radical (unpaired) electrons. The summed E-state index contributed by atoms with van der Waals surface area (Å²) in [6, 6.07) is 9.67. The lowest BCUT2D eigenvalue weighted by molar-refractivity contribution is 0.0702. The number of halogens is 1. The highest BCUT2D eigenvalue weighted by Gasteiger charge is 2.36. The molecule has 0 aromatic heterocycles. The molecular weight excluding hydrogens is 360 g/mol. The Labute approximate surface area is 153 Å². The monoisotopic (exact) mass is 380 g/mol. The molecule has 7 heteroatoms. The van der Waals surface area contributed by atoms with Gasteiger partial charge in [0, 0.05) is 17.7 Å². The summed E-state index contributed by atoms with van der Waals surface area (Å²) in [7, 11) is -3.79. The maximum Gasteiger partial charge on any atom is 0.242 e. The number of fused-ring (bicyclic) bond motifs is 1. The van der Waals surface area contributed by atoms with E-state index in [2.05, 4.69) is 4.72 Å². The Bertz CT molecular complexity index is 926. The number of ether oxygens (including phenoxy) is 1. The number of anilines is 1. The molecule has 3 N–H and O–H groups in total. The summed E-state index contributed by atoms with van der Waals surface area (Å²) in [5.41, 5.74) is 7.55. The first-order valence-corrected chi connectivity index (χ1v) is 9.80. The molecule has 3 rings (SSSR count). The van der Waals surface area contributed by atoms with Gasteiger partial charge in [0.15, 0.2) is 0 Å². The number of hydrogen-bond acceptors (Lipinski definition) is 4. The van der Waals surface area contributed by atoms with Gasteiger partial charge in [0.2, 0.25) is 10.0 Å². The number of rotatable bonds is 3. The van der Waals surface area contributed by atoms with Crippen LogP contribution < -0.4 is 15.2 Å². The van der Waals surface area contributed by atoms with Crippen LogP contribution in [0.25, 0.3) is 0 Å². The first-order valence-electron chi connectivity index (χ1n) is 7.94. The summed E-state index contributed by atoms with van der Waals surface area (Å²) in [4.78, 5) is 0.0644. The molecule has 1 aliphatic heterocycles. The van der Waals surface area contributed by atoms with Crippen molar-refractivity contribution in [1.29, 1.82) is 0 Å². The molecule has 5 nitrogen and oxygen atoms in total. The van der Waals surface area contributed by atoms with Crippen LogP contribution in [0.3, 0.4) is 0 Å². The predicted molar refractivity (Wildman–Crippen MR) is 99.4 cm³/mol. The highest BCUT2D eigenvalue weighted by atomic mass is 35.5. The fourth-order valence-electron chi connectivity index (χ4n) is 3.05. The molecule has 25 heavy (non-hydrogen) atoms. The summed E-state index contributed by atoms with van der Waals surface area (Å²) in [6.45, 7) is 5.70. The minimum Gasteiger partial charge on any atom is -0.487 e. The molecule has 1 heterocycles. The summed E-state index contributed by atoms with van der Waals surface area (Å²) < 4.78 is 34.5. The van der Waals surface area contributed by atoms with Crippen LogP contribution in [0.15, 0.2) is 41.3 Å². The summed E-state index contributed by atoms with van der Waals surface area (Å²) in [6.07, 6.45) is 0.478. The highest BCUT2D eigenvalue weighted by molar-refractivity contribution is 7.89. The molecule has 1 unspecified atom stereocenters. The van der Waals surface area contributed by atoms with Crippen LogP contribution in [0.5, 0.6) is 5.75 Å². The van der Waals surface area contributed by atoms with Crippen LogP contribution in [-0.2, 0) is 10.0 Å². The number of benzene rings is 2. The third-order valence-corrected chi connectivity index (χ3v) is 6.12. The molecule has 2 aromatic rings. The van der Waals surface area contributed by atoms with Crippen LogP contribution >= 0.6 is 11.6 Å². The van der Waals surface area contributed by atoms with Crippen molar-refractivity contribution in [1.82, 2.24) is 4.72 Å². The van der Waals surface area contributed by atoms with Crippen molar-refractivity contribution in [3.05, 3.63) is 52.5 Å². The summed E-state index contributed by atoms with van der Waals surface area (Å²) in [5, 5.41) is 0.201. The second-order valence-electron chi connectivity index (χ2n) is 6.97. The van der Waals surface area contributed by atoms with E-state index in [1.807, 2.05) is 20.8 Å². The average Bonchev–Trinajstić information content (AvgIpc) is 2.46. The molecule has 0 fully saturated rings. The fraction of sp³-hybridized carbons (Fsp3) is 0.333. The molecule has 0 amide bonds. The van der Waals surface area contributed by atoms with Crippen molar-refractivity contribution in [3.63, 3.8) is 0 Å². The smallest absolute Gasteiger partial charge is 0.242 e. The maximum absolute atomic E-state index is 12.9. The second kappa shape index (κ2) is 6.20. The van der Waals surface area contributed by atoms with Crippen molar-refractivity contribution in [2.75, 3.05) is 5.73 Å². The Morgan fingerprint density at radius 3 is 2.64 bits per heavy atom. The molecule has 0 spiro atoms. The fourth-order valence-corrected chi connectivity index (χ4v) is 4.87. The van der Waals surface area contributed by atoms with Gasteiger partial charge in [-0.05, 0) is 56.7 Å². The van der Waals surface area contributed by atoms with E-state index < -0.39 is 21.7 Å².